The van der Waals surface area contributed by atoms with Crippen LogP contribution in [0.3, 0.4) is 0 Å². The number of carbonyl (C=O) groups excluding carboxylic acids is 1. The Morgan fingerprint density at radius 1 is 1.29 bits per heavy atom. The molecule has 1 aromatic carbocycles. The lowest BCUT2D eigenvalue weighted by Crippen LogP contribution is -2.49. The number of β-amino-alcohol motifs (C(OH)–C–C–N with tert-alkyl or cyclic N) is 1. The summed E-state index contributed by atoms with van der Waals surface area (Å²) in [5, 5.41) is 13.3. The van der Waals surface area contributed by atoms with Crippen LogP contribution < -0.4 is 5.32 Å². The third-order valence-corrected chi connectivity index (χ3v) is 4.95. The van der Waals surface area contributed by atoms with E-state index in [-0.39, 0.29) is 11.9 Å². The van der Waals surface area contributed by atoms with E-state index in [1.54, 1.807) is 0 Å². The molecular formula is C18H27N3O3. The molecule has 2 atom stereocenters. The first-order chi connectivity index (χ1) is 11.6. The van der Waals surface area contributed by atoms with Crippen LogP contribution in [-0.2, 0) is 16.1 Å². The first-order valence-corrected chi connectivity index (χ1v) is 8.67. The van der Waals surface area contributed by atoms with E-state index in [0.717, 1.165) is 38.4 Å². The van der Waals surface area contributed by atoms with Crippen LogP contribution >= 0.6 is 0 Å². The van der Waals surface area contributed by atoms with Crippen LogP contribution in [0.15, 0.2) is 24.3 Å². The van der Waals surface area contributed by atoms with Crippen LogP contribution in [0.5, 0.6) is 0 Å². The number of ether oxygens (including phenoxy) is 1. The molecular weight excluding hydrogens is 306 g/mol. The number of carbonyl (C=O) groups is 1. The van der Waals surface area contributed by atoms with Crippen molar-refractivity contribution < 1.29 is 14.6 Å². The van der Waals surface area contributed by atoms with Crippen LogP contribution in [0, 0.1) is 6.92 Å². The highest BCUT2D eigenvalue weighted by Crippen LogP contribution is 2.17. The molecule has 0 aliphatic carbocycles. The Kier molecular flexibility index (Phi) is 5.84. The summed E-state index contributed by atoms with van der Waals surface area (Å²) in [7, 11) is 0. The number of rotatable bonds is 5. The molecule has 2 heterocycles. The molecule has 2 N–H and O–H groups in total. The number of hydrogen-bond acceptors (Lipinski definition) is 5. The standard InChI is InChI=1S/C18H27N3O3/c1-14-4-2-3-5-15(14)10-19-18(23)13-20-11-16(17(22)12-20)21-6-8-24-9-7-21/h2-5,16-17,22H,6-13H2,1H3,(H,19,23)/t16-,17-/m0/s1. The lowest BCUT2D eigenvalue weighted by molar-refractivity contribution is -0.122. The molecule has 3 rings (SSSR count). The second-order valence-electron chi connectivity index (χ2n) is 6.68. The number of hydrogen-bond donors (Lipinski definition) is 2. The normalized spacial score (nSPS) is 25.8. The minimum atomic E-state index is -0.396. The van der Waals surface area contributed by atoms with Crippen molar-refractivity contribution in [1.29, 1.82) is 0 Å². The van der Waals surface area contributed by atoms with Crippen molar-refractivity contribution in [3.63, 3.8) is 0 Å². The Hall–Kier alpha value is -1.47. The van der Waals surface area contributed by atoms with Gasteiger partial charge in [0, 0.05) is 38.8 Å². The Labute approximate surface area is 143 Å². The van der Waals surface area contributed by atoms with Crippen molar-refractivity contribution in [2.45, 2.75) is 25.6 Å². The third kappa shape index (κ3) is 4.33. The van der Waals surface area contributed by atoms with Crippen molar-refractivity contribution in [3.05, 3.63) is 35.4 Å². The Bertz CT molecular complexity index is 560. The fourth-order valence-electron chi connectivity index (χ4n) is 3.51. The average molecular weight is 333 g/mol. The van der Waals surface area contributed by atoms with Gasteiger partial charge in [0.2, 0.25) is 5.91 Å². The van der Waals surface area contributed by atoms with E-state index in [4.69, 9.17) is 4.74 Å². The predicted octanol–water partition coefficient (Wildman–Crippen LogP) is -0.0115. The molecule has 6 heteroatoms. The van der Waals surface area contributed by atoms with Gasteiger partial charge >= 0.3 is 0 Å². The summed E-state index contributed by atoms with van der Waals surface area (Å²) >= 11 is 0. The molecule has 0 radical (unpaired) electrons. The quantitative estimate of drug-likeness (QED) is 0.793. The Balaban J connectivity index is 1.46. The van der Waals surface area contributed by atoms with Crippen molar-refractivity contribution in [1.82, 2.24) is 15.1 Å². The summed E-state index contributed by atoms with van der Waals surface area (Å²) in [5.74, 6) is 0.00748. The smallest absolute Gasteiger partial charge is 0.234 e. The number of aryl methyl sites for hydroxylation is 1. The molecule has 1 aromatic rings. The molecule has 2 aliphatic heterocycles. The second kappa shape index (κ2) is 8.07. The van der Waals surface area contributed by atoms with Crippen molar-refractivity contribution in [2.24, 2.45) is 0 Å². The highest BCUT2D eigenvalue weighted by molar-refractivity contribution is 5.78. The first-order valence-electron chi connectivity index (χ1n) is 8.67. The molecule has 6 nitrogen and oxygen atoms in total. The van der Waals surface area contributed by atoms with E-state index in [9.17, 15) is 9.90 Å². The van der Waals surface area contributed by atoms with E-state index in [1.165, 1.54) is 5.56 Å². The maximum atomic E-state index is 12.2. The fourth-order valence-corrected chi connectivity index (χ4v) is 3.51. The number of amides is 1. The van der Waals surface area contributed by atoms with Crippen LogP contribution in [-0.4, -0.2) is 78.9 Å². The molecule has 132 valence electrons. The Morgan fingerprint density at radius 2 is 2.04 bits per heavy atom. The molecule has 0 aromatic heterocycles. The van der Waals surface area contributed by atoms with Crippen LogP contribution in [0.4, 0.5) is 0 Å². The highest BCUT2D eigenvalue weighted by Gasteiger charge is 2.36. The van der Waals surface area contributed by atoms with Crippen LogP contribution in [0.1, 0.15) is 11.1 Å². The lowest BCUT2D eigenvalue weighted by atomic mass is 10.1. The topological polar surface area (TPSA) is 65.0 Å². The summed E-state index contributed by atoms with van der Waals surface area (Å²) in [6, 6.07) is 8.17. The van der Waals surface area contributed by atoms with Crippen molar-refractivity contribution in [3.8, 4) is 0 Å². The zero-order valence-corrected chi connectivity index (χ0v) is 14.3. The minimum Gasteiger partial charge on any atom is -0.390 e. The van der Waals surface area contributed by atoms with Gasteiger partial charge in [0.05, 0.1) is 25.9 Å². The molecule has 2 fully saturated rings. The number of morpholine rings is 1. The number of nitrogens with zero attached hydrogens (tertiary/aromatic N) is 2. The van der Waals surface area contributed by atoms with E-state index in [0.29, 0.717) is 19.6 Å². The number of aliphatic hydroxyl groups excluding tert-OH is 1. The lowest BCUT2D eigenvalue weighted by Gasteiger charge is -2.33. The zero-order chi connectivity index (χ0) is 16.9. The van der Waals surface area contributed by atoms with Gasteiger partial charge in [-0.15, -0.1) is 0 Å². The number of nitrogens with one attached hydrogen (secondary N) is 1. The maximum absolute atomic E-state index is 12.2. The summed E-state index contributed by atoms with van der Waals surface area (Å²) in [4.78, 5) is 16.5. The summed E-state index contributed by atoms with van der Waals surface area (Å²) in [6.45, 7) is 7.38. The van der Waals surface area contributed by atoms with Gasteiger partial charge in [0.1, 0.15) is 0 Å². The highest BCUT2D eigenvalue weighted by atomic mass is 16.5. The predicted molar refractivity (Wildman–Crippen MR) is 91.7 cm³/mol. The molecule has 1 amide bonds. The zero-order valence-electron chi connectivity index (χ0n) is 14.3. The minimum absolute atomic E-state index is 0.00748. The monoisotopic (exact) mass is 333 g/mol. The third-order valence-electron chi connectivity index (χ3n) is 4.95. The molecule has 2 aliphatic rings. The summed E-state index contributed by atoms with van der Waals surface area (Å²) in [6.07, 6.45) is -0.396. The first kappa shape index (κ1) is 17.4. The summed E-state index contributed by atoms with van der Waals surface area (Å²) in [5.41, 5.74) is 2.32. The van der Waals surface area contributed by atoms with Crippen LogP contribution in [0.25, 0.3) is 0 Å². The molecule has 0 spiro atoms. The van der Waals surface area contributed by atoms with Gasteiger partial charge in [-0.2, -0.15) is 0 Å². The molecule has 0 unspecified atom stereocenters. The summed E-state index contributed by atoms with van der Waals surface area (Å²) < 4.78 is 5.37. The van der Waals surface area contributed by atoms with Crippen molar-refractivity contribution >= 4 is 5.91 Å². The van der Waals surface area contributed by atoms with Crippen LogP contribution in [0.2, 0.25) is 0 Å². The van der Waals surface area contributed by atoms with Gasteiger partial charge in [-0.1, -0.05) is 24.3 Å². The maximum Gasteiger partial charge on any atom is 0.234 e. The van der Waals surface area contributed by atoms with Gasteiger partial charge in [0.15, 0.2) is 0 Å². The van der Waals surface area contributed by atoms with Gasteiger partial charge in [-0.25, -0.2) is 0 Å². The van der Waals surface area contributed by atoms with E-state index in [2.05, 4.69) is 10.2 Å². The SMILES string of the molecule is Cc1ccccc1CNC(=O)CN1C[C@H](O)[C@@H](N2CCOCC2)C1. The number of likely N-dealkylation sites (tertiary alicyclic amines) is 1. The van der Waals surface area contributed by atoms with E-state index in [1.807, 2.05) is 36.1 Å². The van der Waals surface area contributed by atoms with Gasteiger partial charge in [-0.3, -0.25) is 14.6 Å². The molecule has 0 bridgehead atoms. The molecule has 0 saturated carbocycles. The van der Waals surface area contributed by atoms with E-state index >= 15 is 0 Å². The molecule has 24 heavy (non-hydrogen) atoms. The van der Waals surface area contributed by atoms with Gasteiger partial charge < -0.3 is 15.2 Å². The largest absolute Gasteiger partial charge is 0.390 e. The van der Waals surface area contributed by atoms with Crippen molar-refractivity contribution in [2.75, 3.05) is 45.9 Å². The van der Waals surface area contributed by atoms with Gasteiger partial charge in [-0.05, 0) is 18.1 Å². The second-order valence-corrected chi connectivity index (χ2v) is 6.68. The fraction of sp³-hybridized carbons (Fsp3) is 0.611. The Morgan fingerprint density at radius 3 is 2.79 bits per heavy atom. The average Bonchev–Trinajstić information content (AvgIpc) is 2.95. The van der Waals surface area contributed by atoms with E-state index < -0.39 is 6.10 Å². The number of aliphatic hydroxyl groups is 1. The molecule has 2 saturated heterocycles. The van der Waals surface area contributed by atoms with Gasteiger partial charge in [0.25, 0.3) is 0 Å². The number of benzene rings is 1.